The Hall–Kier alpha value is -0.750. The molecule has 0 saturated carbocycles. The maximum absolute atomic E-state index is 4.96. The highest BCUT2D eigenvalue weighted by molar-refractivity contribution is 9.10. The van der Waals surface area contributed by atoms with Gasteiger partial charge in [0.1, 0.15) is 0 Å². The van der Waals surface area contributed by atoms with Crippen molar-refractivity contribution in [2.24, 2.45) is 0 Å². The minimum absolute atomic E-state index is 0.448. The third kappa shape index (κ3) is 1.58. The quantitative estimate of drug-likeness (QED) is 0.577. The Morgan fingerprint density at radius 3 is 3.00 bits per heavy atom. The summed E-state index contributed by atoms with van der Waals surface area (Å²) in [6, 6.07) is 0. The van der Waals surface area contributed by atoms with Gasteiger partial charge in [-0.25, -0.2) is 4.98 Å². The van der Waals surface area contributed by atoms with E-state index in [1.165, 1.54) is 0 Å². The van der Waals surface area contributed by atoms with E-state index in [0.717, 1.165) is 0 Å². The van der Waals surface area contributed by atoms with Crippen molar-refractivity contribution in [3.8, 4) is 11.8 Å². The number of nitrogens with zero attached hydrogens (tertiary/aromatic N) is 1. The van der Waals surface area contributed by atoms with E-state index < -0.39 is 0 Å². The predicted octanol–water partition coefficient (Wildman–Crippen LogP) is 1.81. The number of oxazole rings is 1. The molecule has 0 N–H and O–H groups in total. The first-order valence-corrected chi connectivity index (χ1v) is 3.16. The summed E-state index contributed by atoms with van der Waals surface area (Å²) in [6.07, 6.45) is 1.57. The molecule has 0 aliphatic carbocycles. The first kappa shape index (κ1) is 6.37. The lowest BCUT2D eigenvalue weighted by Gasteiger charge is -1.72. The fraction of sp³-hybridized carbons (Fsp3) is 0.167. The first-order chi connectivity index (χ1) is 4.33. The second-order valence-corrected chi connectivity index (χ2v) is 2.13. The summed E-state index contributed by atoms with van der Waals surface area (Å²) in [5.41, 5.74) is 0. The van der Waals surface area contributed by atoms with Crippen molar-refractivity contribution in [3.05, 3.63) is 16.8 Å². The molecule has 0 aliphatic heterocycles. The topological polar surface area (TPSA) is 26.0 Å². The highest BCUT2D eigenvalue weighted by atomic mass is 79.9. The van der Waals surface area contributed by atoms with E-state index in [9.17, 15) is 0 Å². The van der Waals surface area contributed by atoms with E-state index in [0.29, 0.717) is 10.6 Å². The van der Waals surface area contributed by atoms with Gasteiger partial charge >= 0.3 is 0 Å². The van der Waals surface area contributed by atoms with Crippen LogP contribution in [0.1, 0.15) is 12.8 Å². The molecule has 0 bridgehead atoms. The molecule has 0 radical (unpaired) electrons. The average molecular weight is 186 g/mol. The Morgan fingerprint density at radius 2 is 2.56 bits per heavy atom. The van der Waals surface area contributed by atoms with Crippen LogP contribution in [0.4, 0.5) is 0 Å². The number of aromatic nitrogens is 1. The maximum atomic E-state index is 4.96. The summed E-state index contributed by atoms with van der Waals surface area (Å²) in [5.74, 6) is 5.79. The van der Waals surface area contributed by atoms with Gasteiger partial charge in [0, 0.05) is 0 Å². The van der Waals surface area contributed by atoms with Gasteiger partial charge in [-0.05, 0) is 28.8 Å². The van der Waals surface area contributed by atoms with Crippen LogP contribution < -0.4 is 0 Å². The lowest BCUT2D eigenvalue weighted by molar-refractivity contribution is 0.520. The van der Waals surface area contributed by atoms with Crippen LogP contribution in [0.2, 0.25) is 0 Å². The molecule has 46 valence electrons. The summed E-state index contributed by atoms with van der Waals surface area (Å²) >= 11 is 3.11. The second-order valence-electron chi connectivity index (χ2n) is 1.34. The molecule has 1 rings (SSSR count). The van der Waals surface area contributed by atoms with Crippen molar-refractivity contribution in [2.45, 2.75) is 6.92 Å². The average Bonchev–Trinajstić information content (AvgIpc) is 2.17. The summed E-state index contributed by atoms with van der Waals surface area (Å²) in [6.45, 7) is 1.73. The largest absolute Gasteiger partial charge is 0.423 e. The molecule has 0 saturated heterocycles. The minimum atomic E-state index is 0.448. The van der Waals surface area contributed by atoms with Gasteiger partial charge in [0.15, 0.2) is 4.67 Å². The van der Waals surface area contributed by atoms with E-state index in [-0.39, 0.29) is 0 Å². The normalized spacial score (nSPS) is 8.22. The molecule has 0 fully saturated rings. The third-order valence-corrected chi connectivity index (χ3v) is 1.08. The monoisotopic (exact) mass is 185 g/mol. The Bertz CT molecular complexity index is 256. The Morgan fingerprint density at radius 1 is 1.78 bits per heavy atom. The first-order valence-electron chi connectivity index (χ1n) is 2.37. The van der Waals surface area contributed by atoms with Gasteiger partial charge in [-0.15, -0.1) is 0 Å². The van der Waals surface area contributed by atoms with E-state index >= 15 is 0 Å². The van der Waals surface area contributed by atoms with E-state index in [1.54, 1.807) is 13.1 Å². The van der Waals surface area contributed by atoms with Crippen molar-refractivity contribution < 1.29 is 4.42 Å². The zero-order chi connectivity index (χ0) is 6.69. The molecule has 9 heavy (non-hydrogen) atoms. The molecule has 0 atom stereocenters. The van der Waals surface area contributed by atoms with Crippen LogP contribution in [0.3, 0.4) is 0 Å². The number of hydrogen-bond acceptors (Lipinski definition) is 2. The molecule has 2 nitrogen and oxygen atoms in total. The zero-order valence-corrected chi connectivity index (χ0v) is 6.40. The van der Waals surface area contributed by atoms with Gasteiger partial charge in [0.05, 0.1) is 6.20 Å². The SMILES string of the molecule is CC#Cc1ncc(Br)o1. The minimum Gasteiger partial charge on any atom is -0.423 e. The molecule has 1 aromatic rings. The van der Waals surface area contributed by atoms with Crippen molar-refractivity contribution in [2.75, 3.05) is 0 Å². The molecule has 1 heterocycles. The van der Waals surface area contributed by atoms with Crippen LogP contribution in [0.15, 0.2) is 15.3 Å². The molecule has 0 aromatic carbocycles. The zero-order valence-electron chi connectivity index (χ0n) is 4.81. The van der Waals surface area contributed by atoms with Gasteiger partial charge in [-0.2, -0.15) is 0 Å². The van der Waals surface area contributed by atoms with Gasteiger partial charge in [-0.1, -0.05) is 5.92 Å². The number of halogens is 1. The summed E-state index contributed by atoms with van der Waals surface area (Å²) in [7, 11) is 0. The van der Waals surface area contributed by atoms with Crippen LogP contribution in [-0.2, 0) is 0 Å². The van der Waals surface area contributed by atoms with Crippen LogP contribution in [-0.4, -0.2) is 4.98 Å². The lowest BCUT2D eigenvalue weighted by Crippen LogP contribution is -1.66. The Kier molecular flexibility index (Phi) is 1.91. The van der Waals surface area contributed by atoms with Gasteiger partial charge in [0.2, 0.25) is 0 Å². The van der Waals surface area contributed by atoms with E-state index in [1.807, 2.05) is 0 Å². The van der Waals surface area contributed by atoms with Gasteiger partial charge in [0.25, 0.3) is 5.89 Å². The lowest BCUT2D eigenvalue weighted by atomic mass is 10.6. The van der Waals surface area contributed by atoms with Crippen molar-refractivity contribution >= 4 is 15.9 Å². The van der Waals surface area contributed by atoms with Crippen molar-refractivity contribution in [1.29, 1.82) is 0 Å². The summed E-state index contributed by atoms with van der Waals surface area (Å²) in [4.78, 5) is 3.82. The van der Waals surface area contributed by atoms with Crippen molar-refractivity contribution in [3.63, 3.8) is 0 Å². The summed E-state index contributed by atoms with van der Waals surface area (Å²) < 4.78 is 5.57. The van der Waals surface area contributed by atoms with Crippen LogP contribution in [0.25, 0.3) is 0 Å². The molecule has 0 amide bonds. The highest BCUT2D eigenvalue weighted by Crippen LogP contribution is 2.08. The highest BCUT2D eigenvalue weighted by Gasteiger charge is 1.93. The predicted molar refractivity (Wildman–Crippen MR) is 36.8 cm³/mol. The second kappa shape index (κ2) is 2.70. The van der Waals surface area contributed by atoms with Crippen LogP contribution in [0, 0.1) is 11.8 Å². The molecule has 0 spiro atoms. The third-order valence-electron chi connectivity index (χ3n) is 0.709. The van der Waals surface area contributed by atoms with Crippen molar-refractivity contribution in [1.82, 2.24) is 4.98 Å². The standard InChI is InChI=1S/C6H4BrNO/c1-2-3-6-8-4-5(7)9-6/h4H,1H3. The summed E-state index contributed by atoms with van der Waals surface area (Å²) in [5, 5.41) is 0. The van der Waals surface area contributed by atoms with E-state index in [2.05, 4.69) is 32.8 Å². The molecular weight excluding hydrogens is 182 g/mol. The maximum Gasteiger partial charge on any atom is 0.274 e. The van der Waals surface area contributed by atoms with Gasteiger partial charge in [-0.3, -0.25) is 0 Å². The molecule has 3 heteroatoms. The molecule has 1 aromatic heterocycles. The number of rotatable bonds is 0. The van der Waals surface area contributed by atoms with E-state index in [4.69, 9.17) is 4.42 Å². The van der Waals surface area contributed by atoms with Crippen LogP contribution in [0.5, 0.6) is 0 Å². The number of hydrogen-bond donors (Lipinski definition) is 0. The molecule has 0 aliphatic rings. The Balaban J connectivity index is 2.93. The van der Waals surface area contributed by atoms with Gasteiger partial charge < -0.3 is 4.42 Å². The fourth-order valence-corrected chi connectivity index (χ4v) is 0.675. The molecular formula is C6H4BrNO. The molecule has 0 unspecified atom stereocenters. The Labute approximate surface area is 61.4 Å². The fourth-order valence-electron chi connectivity index (χ4n) is 0.419. The smallest absolute Gasteiger partial charge is 0.274 e. The van der Waals surface area contributed by atoms with Crippen LogP contribution >= 0.6 is 15.9 Å².